The standard InChI is InChI=1S/C21H20FN3OS2/c22-18-11-16(12-23-20(18)15-1-2-15)21-24-13-19(27-21)14-3-5-17(6-4-14)25-7-9-28(26)10-8-25/h3-6,11-13,15H,1-2,7-10H2. The molecule has 7 heteroatoms. The second-order valence-corrected chi connectivity index (χ2v) is 10.0. The molecule has 5 rings (SSSR count). The molecular formula is C21H20FN3OS2. The van der Waals surface area contributed by atoms with Crippen molar-refractivity contribution in [1.82, 2.24) is 9.97 Å². The molecule has 0 radical (unpaired) electrons. The van der Waals surface area contributed by atoms with Crippen molar-refractivity contribution in [3.05, 3.63) is 54.2 Å². The van der Waals surface area contributed by atoms with E-state index in [1.807, 2.05) is 6.20 Å². The Kier molecular flexibility index (Phi) is 4.72. The molecular weight excluding hydrogens is 393 g/mol. The molecule has 0 unspecified atom stereocenters. The Morgan fingerprint density at radius 1 is 1.04 bits per heavy atom. The fraction of sp³-hybridized carbons (Fsp3) is 0.333. The lowest BCUT2D eigenvalue weighted by molar-refractivity contribution is 0.600. The molecule has 3 heterocycles. The van der Waals surface area contributed by atoms with Gasteiger partial charge in [0.2, 0.25) is 0 Å². The van der Waals surface area contributed by atoms with Crippen LogP contribution in [0.15, 0.2) is 42.7 Å². The van der Waals surface area contributed by atoms with Gasteiger partial charge in [0.1, 0.15) is 10.8 Å². The topological polar surface area (TPSA) is 46.1 Å². The molecule has 1 saturated heterocycles. The van der Waals surface area contributed by atoms with Crippen LogP contribution in [0.5, 0.6) is 0 Å². The maximum absolute atomic E-state index is 14.3. The summed E-state index contributed by atoms with van der Waals surface area (Å²) in [4.78, 5) is 12.1. The van der Waals surface area contributed by atoms with Gasteiger partial charge in [0, 0.05) is 65.0 Å². The van der Waals surface area contributed by atoms with Gasteiger partial charge in [0.15, 0.2) is 0 Å². The third-order valence-corrected chi connectivity index (χ3v) is 7.65. The number of rotatable bonds is 4. The van der Waals surface area contributed by atoms with Crippen LogP contribution in [0, 0.1) is 5.82 Å². The summed E-state index contributed by atoms with van der Waals surface area (Å²) in [5, 5.41) is 0.784. The summed E-state index contributed by atoms with van der Waals surface area (Å²) < 4.78 is 25.8. The summed E-state index contributed by atoms with van der Waals surface area (Å²) in [7, 11) is -0.667. The molecule has 2 fully saturated rings. The van der Waals surface area contributed by atoms with E-state index in [4.69, 9.17) is 0 Å². The Bertz CT molecular complexity index is 1020. The first kappa shape index (κ1) is 17.9. The van der Waals surface area contributed by atoms with Crippen LogP contribution in [-0.4, -0.2) is 38.8 Å². The van der Waals surface area contributed by atoms with Crippen molar-refractivity contribution >= 4 is 27.8 Å². The fourth-order valence-electron chi connectivity index (χ4n) is 3.50. The predicted octanol–water partition coefficient (Wildman–Crippen LogP) is 4.46. The summed E-state index contributed by atoms with van der Waals surface area (Å²) in [6.45, 7) is 1.68. The molecule has 0 spiro atoms. The molecule has 4 nitrogen and oxygen atoms in total. The van der Waals surface area contributed by atoms with Crippen molar-refractivity contribution in [1.29, 1.82) is 0 Å². The largest absolute Gasteiger partial charge is 0.370 e. The number of nitrogens with zero attached hydrogens (tertiary/aromatic N) is 3. The highest BCUT2D eigenvalue weighted by molar-refractivity contribution is 7.85. The zero-order chi connectivity index (χ0) is 19.1. The van der Waals surface area contributed by atoms with Gasteiger partial charge in [-0.25, -0.2) is 9.37 Å². The smallest absolute Gasteiger partial charge is 0.145 e. The number of halogens is 1. The number of hydrogen-bond acceptors (Lipinski definition) is 5. The normalized spacial score (nSPS) is 17.8. The van der Waals surface area contributed by atoms with Crippen LogP contribution in [0.2, 0.25) is 0 Å². The molecule has 1 saturated carbocycles. The lowest BCUT2D eigenvalue weighted by atomic mass is 10.1. The van der Waals surface area contributed by atoms with Gasteiger partial charge in [-0.05, 0) is 36.6 Å². The van der Waals surface area contributed by atoms with Crippen molar-refractivity contribution in [2.75, 3.05) is 29.5 Å². The fourth-order valence-corrected chi connectivity index (χ4v) is 5.45. The number of pyridine rings is 1. The quantitative estimate of drug-likeness (QED) is 0.634. The van der Waals surface area contributed by atoms with Crippen molar-refractivity contribution in [3.63, 3.8) is 0 Å². The van der Waals surface area contributed by atoms with Gasteiger partial charge in [-0.2, -0.15) is 0 Å². The molecule has 0 bridgehead atoms. The van der Waals surface area contributed by atoms with E-state index >= 15 is 0 Å². The summed E-state index contributed by atoms with van der Waals surface area (Å²) in [6.07, 6.45) is 5.65. The van der Waals surface area contributed by atoms with Gasteiger partial charge in [-0.15, -0.1) is 11.3 Å². The molecule has 28 heavy (non-hydrogen) atoms. The van der Waals surface area contributed by atoms with Gasteiger partial charge < -0.3 is 4.90 Å². The third kappa shape index (κ3) is 3.61. The Morgan fingerprint density at radius 3 is 2.46 bits per heavy atom. The molecule has 0 atom stereocenters. The van der Waals surface area contributed by atoms with Gasteiger partial charge in [0.05, 0.1) is 10.6 Å². The molecule has 3 aromatic rings. The monoisotopic (exact) mass is 413 g/mol. The van der Waals surface area contributed by atoms with Crippen LogP contribution in [0.25, 0.3) is 21.0 Å². The van der Waals surface area contributed by atoms with Crippen molar-refractivity contribution in [2.45, 2.75) is 18.8 Å². The first-order valence-corrected chi connectivity index (χ1v) is 11.8. The number of anilines is 1. The predicted molar refractivity (Wildman–Crippen MR) is 113 cm³/mol. The first-order chi connectivity index (χ1) is 13.7. The van der Waals surface area contributed by atoms with Crippen LogP contribution < -0.4 is 4.90 Å². The summed E-state index contributed by atoms with van der Waals surface area (Å²) in [5.41, 5.74) is 3.58. The van der Waals surface area contributed by atoms with E-state index in [0.29, 0.717) is 11.6 Å². The molecule has 1 aliphatic carbocycles. The van der Waals surface area contributed by atoms with Crippen molar-refractivity contribution in [3.8, 4) is 21.0 Å². The third-order valence-electron chi connectivity index (χ3n) is 5.28. The van der Waals surface area contributed by atoms with Gasteiger partial charge in [-0.3, -0.25) is 9.19 Å². The first-order valence-electron chi connectivity index (χ1n) is 9.49. The Balaban J connectivity index is 1.34. The van der Waals surface area contributed by atoms with Crippen LogP contribution in [0.4, 0.5) is 10.1 Å². The average molecular weight is 414 g/mol. The highest BCUT2D eigenvalue weighted by Gasteiger charge is 2.28. The Labute approximate surface area is 169 Å². The maximum Gasteiger partial charge on any atom is 0.145 e. The summed E-state index contributed by atoms with van der Waals surface area (Å²) >= 11 is 1.55. The van der Waals surface area contributed by atoms with E-state index in [1.165, 1.54) is 0 Å². The van der Waals surface area contributed by atoms with Crippen LogP contribution in [0.1, 0.15) is 24.5 Å². The molecule has 2 aliphatic rings. The Morgan fingerprint density at radius 2 is 1.79 bits per heavy atom. The maximum atomic E-state index is 14.3. The highest BCUT2D eigenvalue weighted by Crippen LogP contribution is 2.41. The minimum absolute atomic E-state index is 0.219. The van der Waals surface area contributed by atoms with Crippen LogP contribution in [0.3, 0.4) is 0 Å². The van der Waals surface area contributed by atoms with E-state index < -0.39 is 10.8 Å². The minimum atomic E-state index is -0.667. The van der Waals surface area contributed by atoms with Crippen LogP contribution >= 0.6 is 11.3 Å². The zero-order valence-electron chi connectivity index (χ0n) is 15.3. The minimum Gasteiger partial charge on any atom is -0.370 e. The lowest BCUT2D eigenvalue weighted by Crippen LogP contribution is -2.37. The van der Waals surface area contributed by atoms with E-state index in [9.17, 15) is 8.60 Å². The highest BCUT2D eigenvalue weighted by atomic mass is 32.2. The molecule has 0 N–H and O–H groups in total. The van der Waals surface area contributed by atoms with E-state index in [-0.39, 0.29) is 5.82 Å². The summed E-state index contributed by atoms with van der Waals surface area (Å²) in [6, 6.07) is 9.95. The second-order valence-electron chi connectivity index (χ2n) is 7.28. The van der Waals surface area contributed by atoms with Crippen LogP contribution in [-0.2, 0) is 10.8 Å². The second kappa shape index (κ2) is 7.37. The van der Waals surface area contributed by atoms with Crippen molar-refractivity contribution < 1.29 is 8.60 Å². The number of thiazole rings is 1. The van der Waals surface area contributed by atoms with E-state index in [2.05, 4.69) is 39.1 Å². The summed E-state index contributed by atoms with van der Waals surface area (Å²) in [5.74, 6) is 1.57. The zero-order valence-corrected chi connectivity index (χ0v) is 16.9. The van der Waals surface area contributed by atoms with Gasteiger partial charge in [0.25, 0.3) is 0 Å². The number of benzene rings is 1. The molecule has 2 aromatic heterocycles. The number of aromatic nitrogens is 2. The lowest BCUT2D eigenvalue weighted by Gasteiger charge is -2.28. The van der Waals surface area contributed by atoms with Crippen molar-refractivity contribution in [2.24, 2.45) is 0 Å². The van der Waals surface area contributed by atoms with Gasteiger partial charge >= 0.3 is 0 Å². The van der Waals surface area contributed by atoms with Gasteiger partial charge in [-0.1, -0.05) is 12.1 Å². The van der Waals surface area contributed by atoms with E-state index in [1.54, 1.807) is 23.6 Å². The molecule has 0 amide bonds. The SMILES string of the molecule is O=S1CCN(c2ccc(-c3cnc(-c4cnc(C5CC5)c(F)c4)s3)cc2)CC1. The molecule has 144 valence electrons. The Hall–Kier alpha value is -2.12. The van der Waals surface area contributed by atoms with E-state index in [0.717, 1.165) is 64.1 Å². The molecule has 1 aliphatic heterocycles. The molecule has 1 aromatic carbocycles. The average Bonchev–Trinajstić information content (AvgIpc) is 3.44. The number of hydrogen-bond donors (Lipinski definition) is 0.